The van der Waals surface area contributed by atoms with Crippen LogP contribution >= 0.6 is 0 Å². The van der Waals surface area contributed by atoms with E-state index in [0.29, 0.717) is 0 Å². The van der Waals surface area contributed by atoms with Gasteiger partial charge < -0.3 is 5.11 Å². The molecule has 0 unspecified atom stereocenters. The third-order valence-electron chi connectivity index (χ3n) is 1.98. The van der Waals surface area contributed by atoms with E-state index >= 15 is 0 Å². The van der Waals surface area contributed by atoms with Crippen molar-refractivity contribution in [3.05, 3.63) is 28.1 Å². The molecule has 0 spiro atoms. The highest BCUT2D eigenvalue weighted by Gasteiger charge is 2.41. The molecule has 72 valence electrons. The van der Waals surface area contributed by atoms with Crippen LogP contribution in [-0.2, 0) is 12.6 Å². The molecule has 0 saturated heterocycles. The van der Waals surface area contributed by atoms with Crippen LogP contribution in [0.3, 0.4) is 0 Å². The van der Waals surface area contributed by atoms with Gasteiger partial charge >= 0.3 is 0 Å². The molecule has 1 atom stereocenters. The maximum atomic E-state index is 10.7. The van der Waals surface area contributed by atoms with Gasteiger partial charge in [0.05, 0.1) is 0 Å². The maximum Gasteiger partial charge on any atom is 0.285 e. The van der Waals surface area contributed by atoms with E-state index in [9.17, 15) is 10.1 Å². The Labute approximate surface area is 74.9 Å². The molecule has 6 heteroatoms. The van der Waals surface area contributed by atoms with Crippen molar-refractivity contribution in [2.45, 2.75) is 12.5 Å². The van der Waals surface area contributed by atoms with Gasteiger partial charge in [0, 0.05) is 25.1 Å². The first-order valence-electron chi connectivity index (χ1n) is 3.76. The van der Waals surface area contributed by atoms with Gasteiger partial charge in [0.2, 0.25) is 0 Å². The van der Waals surface area contributed by atoms with Crippen LogP contribution in [0.4, 0.5) is 0 Å². The minimum atomic E-state index is -1.50. The fraction of sp³-hybridized carbons (Fsp3) is 0.571. The average molecular weight is 185 g/mol. The van der Waals surface area contributed by atoms with Crippen molar-refractivity contribution >= 4 is 0 Å². The SMILES string of the molecule is Cn1ccc([C@](C)(CO)[N+](=O)[O-])n1. The third kappa shape index (κ3) is 1.52. The van der Waals surface area contributed by atoms with Gasteiger partial charge in [-0.3, -0.25) is 14.8 Å². The van der Waals surface area contributed by atoms with Crippen LogP contribution in [-0.4, -0.2) is 26.4 Å². The van der Waals surface area contributed by atoms with Crippen LogP contribution in [0.2, 0.25) is 0 Å². The Morgan fingerprint density at radius 1 is 1.85 bits per heavy atom. The lowest BCUT2D eigenvalue weighted by molar-refractivity contribution is -0.579. The number of hydrogen-bond donors (Lipinski definition) is 1. The summed E-state index contributed by atoms with van der Waals surface area (Å²) >= 11 is 0. The van der Waals surface area contributed by atoms with E-state index in [1.54, 1.807) is 13.2 Å². The topological polar surface area (TPSA) is 81.2 Å². The molecule has 0 radical (unpaired) electrons. The summed E-state index contributed by atoms with van der Waals surface area (Å²) in [6.45, 7) is 0.784. The first-order valence-corrected chi connectivity index (χ1v) is 3.76. The number of nitro groups is 1. The molecule has 1 aromatic rings. The normalized spacial score (nSPS) is 15.3. The van der Waals surface area contributed by atoms with Crippen LogP contribution < -0.4 is 0 Å². The molecule has 6 nitrogen and oxygen atoms in total. The molecule has 0 aliphatic rings. The maximum absolute atomic E-state index is 10.7. The summed E-state index contributed by atoms with van der Waals surface area (Å²) in [6, 6.07) is 1.53. The van der Waals surface area contributed by atoms with Crippen LogP contribution in [0.5, 0.6) is 0 Å². The Hall–Kier alpha value is -1.43. The summed E-state index contributed by atoms with van der Waals surface area (Å²) < 4.78 is 1.47. The molecule has 1 rings (SSSR count). The number of aliphatic hydroxyl groups is 1. The number of nitrogens with zero attached hydrogens (tertiary/aromatic N) is 3. The van der Waals surface area contributed by atoms with Crippen molar-refractivity contribution in [2.24, 2.45) is 7.05 Å². The molecule has 13 heavy (non-hydrogen) atoms. The number of hydrogen-bond acceptors (Lipinski definition) is 4. The lowest BCUT2D eigenvalue weighted by Crippen LogP contribution is -2.36. The van der Waals surface area contributed by atoms with Crippen LogP contribution in [0.25, 0.3) is 0 Å². The van der Waals surface area contributed by atoms with E-state index in [4.69, 9.17) is 5.11 Å². The predicted octanol–water partition coefficient (Wildman–Crippen LogP) is -0.0957. The van der Waals surface area contributed by atoms with Crippen molar-refractivity contribution in [2.75, 3.05) is 6.61 Å². The van der Waals surface area contributed by atoms with E-state index < -0.39 is 17.1 Å². The van der Waals surface area contributed by atoms with Gasteiger partial charge in [0.1, 0.15) is 12.3 Å². The van der Waals surface area contributed by atoms with Crippen molar-refractivity contribution in [1.82, 2.24) is 9.78 Å². The van der Waals surface area contributed by atoms with E-state index in [1.165, 1.54) is 17.7 Å². The average Bonchev–Trinajstić information content (AvgIpc) is 2.50. The molecular formula is C7H11N3O3. The second-order valence-corrected chi connectivity index (χ2v) is 3.06. The monoisotopic (exact) mass is 185 g/mol. The zero-order valence-corrected chi connectivity index (χ0v) is 7.47. The van der Waals surface area contributed by atoms with Crippen LogP contribution in [0, 0.1) is 10.1 Å². The summed E-state index contributed by atoms with van der Waals surface area (Å²) in [6.07, 6.45) is 1.60. The van der Waals surface area contributed by atoms with E-state index in [-0.39, 0.29) is 5.69 Å². The molecule has 0 aromatic carbocycles. The Kier molecular flexibility index (Phi) is 2.33. The Morgan fingerprint density at radius 3 is 2.77 bits per heavy atom. The van der Waals surface area contributed by atoms with E-state index in [1.807, 2.05) is 0 Å². The molecule has 1 heterocycles. The first-order chi connectivity index (χ1) is 6.00. The molecule has 0 fully saturated rings. The highest BCUT2D eigenvalue weighted by molar-refractivity contribution is 5.09. The summed E-state index contributed by atoms with van der Waals surface area (Å²) in [5.41, 5.74) is -1.23. The Morgan fingerprint density at radius 2 is 2.46 bits per heavy atom. The van der Waals surface area contributed by atoms with Gasteiger partial charge in [-0.2, -0.15) is 5.10 Å². The lowest BCUT2D eigenvalue weighted by Gasteiger charge is -2.14. The molecule has 0 aliphatic carbocycles. The van der Waals surface area contributed by atoms with Crippen molar-refractivity contribution in [3.8, 4) is 0 Å². The third-order valence-corrected chi connectivity index (χ3v) is 1.98. The van der Waals surface area contributed by atoms with E-state index in [2.05, 4.69) is 5.10 Å². The minimum Gasteiger partial charge on any atom is -0.388 e. The quantitative estimate of drug-likeness (QED) is 0.526. The fourth-order valence-electron chi connectivity index (χ4n) is 0.935. The molecule has 0 saturated carbocycles. The van der Waals surface area contributed by atoms with Gasteiger partial charge in [-0.15, -0.1) is 0 Å². The molecule has 0 aliphatic heterocycles. The predicted molar refractivity (Wildman–Crippen MR) is 44.6 cm³/mol. The zero-order valence-electron chi connectivity index (χ0n) is 7.47. The Balaban J connectivity index is 3.09. The largest absolute Gasteiger partial charge is 0.388 e. The summed E-state index contributed by atoms with van der Waals surface area (Å²) in [5.74, 6) is 0. The van der Waals surface area contributed by atoms with Crippen molar-refractivity contribution in [3.63, 3.8) is 0 Å². The van der Waals surface area contributed by atoms with Crippen molar-refractivity contribution < 1.29 is 10.0 Å². The zero-order chi connectivity index (χ0) is 10.1. The van der Waals surface area contributed by atoms with Gasteiger partial charge in [-0.25, -0.2) is 0 Å². The van der Waals surface area contributed by atoms with Crippen LogP contribution in [0.1, 0.15) is 12.6 Å². The summed E-state index contributed by atoms with van der Waals surface area (Å²) in [7, 11) is 1.67. The highest BCUT2D eigenvalue weighted by Crippen LogP contribution is 2.21. The van der Waals surface area contributed by atoms with Crippen LogP contribution in [0.15, 0.2) is 12.3 Å². The Bertz CT molecular complexity index is 323. The van der Waals surface area contributed by atoms with Gasteiger partial charge in [0.15, 0.2) is 0 Å². The second-order valence-electron chi connectivity index (χ2n) is 3.06. The molecule has 1 aromatic heterocycles. The van der Waals surface area contributed by atoms with E-state index in [0.717, 1.165) is 0 Å². The lowest BCUT2D eigenvalue weighted by atomic mass is 10.0. The number of aliphatic hydroxyl groups excluding tert-OH is 1. The molecular weight excluding hydrogens is 174 g/mol. The first kappa shape index (κ1) is 9.66. The second kappa shape index (κ2) is 3.14. The minimum absolute atomic E-state index is 0.266. The molecule has 0 amide bonds. The molecule has 1 N–H and O–H groups in total. The number of aryl methyl sites for hydroxylation is 1. The fourth-order valence-corrected chi connectivity index (χ4v) is 0.935. The smallest absolute Gasteiger partial charge is 0.285 e. The highest BCUT2D eigenvalue weighted by atomic mass is 16.6. The summed E-state index contributed by atoms with van der Waals surface area (Å²) in [5, 5.41) is 23.5. The number of aromatic nitrogens is 2. The standard InChI is InChI=1S/C7H11N3O3/c1-7(5-11,10(12)13)6-3-4-9(2)8-6/h3-4,11H,5H2,1-2H3/t7-/m0/s1. The van der Waals surface area contributed by atoms with Crippen molar-refractivity contribution in [1.29, 1.82) is 0 Å². The molecule has 0 bridgehead atoms. The van der Waals surface area contributed by atoms with Gasteiger partial charge in [-0.05, 0) is 6.07 Å². The summed E-state index contributed by atoms with van der Waals surface area (Å²) in [4.78, 5) is 10.1. The van der Waals surface area contributed by atoms with Gasteiger partial charge in [-0.1, -0.05) is 0 Å². The van der Waals surface area contributed by atoms with Gasteiger partial charge in [0.25, 0.3) is 5.54 Å². The number of rotatable bonds is 3.